The van der Waals surface area contributed by atoms with E-state index >= 15 is 0 Å². The average molecular weight is 456 g/mol. The topological polar surface area (TPSA) is 109 Å². The molecule has 2 amide bonds. The number of hydrogen-bond donors (Lipinski definition) is 3. The van der Waals surface area contributed by atoms with E-state index in [1.54, 1.807) is 24.3 Å². The Balaban J connectivity index is 1.52. The van der Waals surface area contributed by atoms with Gasteiger partial charge in [0, 0.05) is 30.2 Å². The summed E-state index contributed by atoms with van der Waals surface area (Å²) in [5.41, 5.74) is 1.90. The molecule has 2 aromatic heterocycles. The van der Waals surface area contributed by atoms with Crippen molar-refractivity contribution >= 4 is 23.5 Å². The van der Waals surface area contributed by atoms with Crippen LogP contribution in [0.15, 0.2) is 48.8 Å². The molecule has 170 valence electrons. The third kappa shape index (κ3) is 5.25. The quantitative estimate of drug-likeness (QED) is 0.544. The number of hydrogen-bond acceptors (Lipinski definition) is 6. The average Bonchev–Trinajstić information content (AvgIpc) is 3.17. The number of alkyl halides is 3. The number of nitrogens with zero attached hydrogens (tertiary/aromatic N) is 3. The molecular formula is C22H19F3N6O2. The number of aromatic nitrogens is 3. The molecule has 0 aliphatic carbocycles. The van der Waals surface area contributed by atoms with Crippen LogP contribution in [0.1, 0.15) is 28.2 Å². The number of carbonyl (C=O) groups excluding carboxylic acids is 2. The molecule has 8 nitrogen and oxygen atoms in total. The van der Waals surface area contributed by atoms with Gasteiger partial charge in [0.15, 0.2) is 0 Å². The van der Waals surface area contributed by atoms with Crippen molar-refractivity contribution < 1.29 is 22.8 Å². The van der Waals surface area contributed by atoms with Gasteiger partial charge in [-0.1, -0.05) is 12.1 Å². The second-order valence-electron chi connectivity index (χ2n) is 7.51. The summed E-state index contributed by atoms with van der Waals surface area (Å²) >= 11 is 0. The number of carbonyl (C=O) groups is 2. The van der Waals surface area contributed by atoms with Crippen LogP contribution < -0.4 is 16.0 Å². The Morgan fingerprint density at radius 2 is 1.94 bits per heavy atom. The van der Waals surface area contributed by atoms with Crippen LogP contribution in [0.3, 0.4) is 0 Å². The standard InChI is InChI=1S/C22H19F3N6O2/c1-12-8-14(10-15(9-12)29-21-27-7-5-18(31-21)22(23,24)25)13-2-3-16(28-11-13)20(33)30-17-4-6-26-19(17)32/h2-3,5,7-11,17H,4,6H2,1H3,(H,26,32)(H,30,33)(H,27,29,31). The summed E-state index contributed by atoms with van der Waals surface area (Å²) in [6, 6.07) is 8.82. The molecule has 1 unspecified atom stereocenters. The summed E-state index contributed by atoms with van der Waals surface area (Å²) in [6.07, 6.45) is -1.49. The van der Waals surface area contributed by atoms with Gasteiger partial charge < -0.3 is 16.0 Å². The van der Waals surface area contributed by atoms with E-state index in [2.05, 4.69) is 30.9 Å². The van der Waals surface area contributed by atoms with Gasteiger partial charge in [0.05, 0.1) is 0 Å². The van der Waals surface area contributed by atoms with E-state index in [0.717, 1.165) is 23.4 Å². The van der Waals surface area contributed by atoms with Crippen LogP contribution >= 0.6 is 0 Å². The van der Waals surface area contributed by atoms with Crippen molar-refractivity contribution in [2.45, 2.75) is 25.6 Å². The zero-order chi connectivity index (χ0) is 23.6. The first-order valence-electron chi connectivity index (χ1n) is 10.0. The Labute approximate surface area is 186 Å². The highest BCUT2D eigenvalue weighted by atomic mass is 19.4. The number of pyridine rings is 1. The lowest BCUT2D eigenvalue weighted by molar-refractivity contribution is -0.141. The first-order chi connectivity index (χ1) is 15.7. The molecule has 0 radical (unpaired) electrons. The number of halogens is 3. The molecule has 4 rings (SSSR count). The molecule has 0 saturated carbocycles. The fraction of sp³-hybridized carbons (Fsp3) is 0.227. The maximum Gasteiger partial charge on any atom is 0.433 e. The molecule has 3 heterocycles. The van der Waals surface area contributed by atoms with Gasteiger partial charge in [-0.05, 0) is 48.7 Å². The smallest absolute Gasteiger partial charge is 0.354 e. The third-order valence-electron chi connectivity index (χ3n) is 4.96. The van der Waals surface area contributed by atoms with Crippen molar-refractivity contribution in [3.63, 3.8) is 0 Å². The van der Waals surface area contributed by atoms with E-state index in [4.69, 9.17) is 0 Å². The molecule has 0 spiro atoms. The van der Waals surface area contributed by atoms with Gasteiger partial charge >= 0.3 is 6.18 Å². The fourth-order valence-electron chi connectivity index (χ4n) is 3.39. The maximum atomic E-state index is 12.9. The van der Waals surface area contributed by atoms with Crippen LogP contribution in [-0.2, 0) is 11.0 Å². The Morgan fingerprint density at radius 1 is 1.12 bits per heavy atom. The van der Waals surface area contributed by atoms with Crippen LogP contribution in [0.2, 0.25) is 0 Å². The molecule has 1 aliphatic heterocycles. The molecule has 1 atom stereocenters. The highest BCUT2D eigenvalue weighted by molar-refractivity contribution is 5.96. The van der Waals surface area contributed by atoms with Gasteiger partial charge in [0.25, 0.3) is 5.91 Å². The number of nitrogens with one attached hydrogen (secondary N) is 3. The van der Waals surface area contributed by atoms with Gasteiger partial charge in [0.1, 0.15) is 17.4 Å². The predicted octanol–water partition coefficient (Wildman–Crippen LogP) is 3.23. The first kappa shape index (κ1) is 22.2. The molecule has 3 aromatic rings. The second-order valence-corrected chi connectivity index (χ2v) is 7.51. The molecule has 33 heavy (non-hydrogen) atoms. The first-order valence-corrected chi connectivity index (χ1v) is 10.0. The van der Waals surface area contributed by atoms with Crippen molar-refractivity contribution in [2.75, 3.05) is 11.9 Å². The maximum absolute atomic E-state index is 12.9. The molecule has 1 aliphatic rings. The van der Waals surface area contributed by atoms with Crippen LogP contribution in [0.4, 0.5) is 24.8 Å². The van der Waals surface area contributed by atoms with E-state index in [0.29, 0.717) is 24.2 Å². The summed E-state index contributed by atoms with van der Waals surface area (Å²) < 4.78 is 38.7. The SMILES string of the molecule is Cc1cc(Nc2nccc(C(F)(F)F)n2)cc(-c2ccc(C(=O)NC3CCNC3=O)nc2)c1. The highest BCUT2D eigenvalue weighted by Crippen LogP contribution is 2.29. The van der Waals surface area contributed by atoms with Gasteiger partial charge in [-0.2, -0.15) is 13.2 Å². The zero-order valence-electron chi connectivity index (χ0n) is 17.4. The van der Waals surface area contributed by atoms with Crippen LogP contribution in [0, 0.1) is 6.92 Å². The fourth-order valence-corrected chi connectivity index (χ4v) is 3.39. The summed E-state index contributed by atoms with van der Waals surface area (Å²) in [6.45, 7) is 2.36. The largest absolute Gasteiger partial charge is 0.433 e. The summed E-state index contributed by atoms with van der Waals surface area (Å²) in [5.74, 6) is -0.844. The van der Waals surface area contributed by atoms with Crippen molar-refractivity contribution in [2.24, 2.45) is 0 Å². The molecule has 11 heteroatoms. The Hall–Kier alpha value is -4.02. The van der Waals surface area contributed by atoms with E-state index in [1.165, 1.54) is 6.20 Å². The van der Waals surface area contributed by atoms with Crippen LogP contribution in [0.25, 0.3) is 11.1 Å². The molecule has 1 aromatic carbocycles. The zero-order valence-corrected chi connectivity index (χ0v) is 17.4. The van der Waals surface area contributed by atoms with E-state index in [-0.39, 0.29) is 17.5 Å². The van der Waals surface area contributed by atoms with Gasteiger partial charge in [-0.3, -0.25) is 14.6 Å². The monoisotopic (exact) mass is 456 g/mol. The van der Waals surface area contributed by atoms with E-state index in [1.807, 2.05) is 13.0 Å². The highest BCUT2D eigenvalue weighted by Gasteiger charge is 2.32. The minimum atomic E-state index is -4.57. The van der Waals surface area contributed by atoms with E-state index < -0.39 is 23.8 Å². The van der Waals surface area contributed by atoms with Crippen LogP contribution in [0.5, 0.6) is 0 Å². The lowest BCUT2D eigenvalue weighted by Gasteiger charge is -2.12. The minimum absolute atomic E-state index is 0.168. The van der Waals surface area contributed by atoms with Gasteiger partial charge in [-0.15, -0.1) is 0 Å². The number of anilines is 2. The Bertz CT molecular complexity index is 1200. The van der Waals surface area contributed by atoms with Crippen molar-refractivity contribution in [1.82, 2.24) is 25.6 Å². The van der Waals surface area contributed by atoms with Crippen LogP contribution in [-0.4, -0.2) is 39.4 Å². The van der Waals surface area contributed by atoms with Crippen molar-refractivity contribution in [1.29, 1.82) is 0 Å². The molecule has 1 fully saturated rings. The molecule has 0 bridgehead atoms. The van der Waals surface area contributed by atoms with E-state index in [9.17, 15) is 22.8 Å². The lowest BCUT2D eigenvalue weighted by atomic mass is 10.0. The minimum Gasteiger partial charge on any atom is -0.354 e. The second kappa shape index (κ2) is 8.85. The number of benzene rings is 1. The summed E-state index contributed by atoms with van der Waals surface area (Å²) in [4.78, 5) is 35.5. The molecule has 1 saturated heterocycles. The number of amides is 2. The van der Waals surface area contributed by atoms with Crippen molar-refractivity contribution in [3.05, 3.63) is 65.7 Å². The summed E-state index contributed by atoms with van der Waals surface area (Å²) in [7, 11) is 0. The lowest BCUT2D eigenvalue weighted by Crippen LogP contribution is -2.40. The van der Waals surface area contributed by atoms with Gasteiger partial charge in [0.2, 0.25) is 11.9 Å². The van der Waals surface area contributed by atoms with Crippen molar-refractivity contribution in [3.8, 4) is 11.1 Å². The normalized spacial score (nSPS) is 15.8. The Kier molecular flexibility index (Phi) is 5.95. The number of rotatable bonds is 5. The molecular weight excluding hydrogens is 437 g/mol. The predicted molar refractivity (Wildman–Crippen MR) is 114 cm³/mol. The third-order valence-corrected chi connectivity index (χ3v) is 4.96. The summed E-state index contributed by atoms with van der Waals surface area (Å²) in [5, 5.41) is 8.09. The van der Waals surface area contributed by atoms with Gasteiger partial charge in [-0.25, -0.2) is 9.97 Å². The number of aryl methyl sites for hydroxylation is 1. The Morgan fingerprint density at radius 3 is 2.61 bits per heavy atom. The molecule has 3 N–H and O–H groups in total.